The second-order valence-electron chi connectivity index (χ2n) is 3.99. The number of anilines is 2. The molecule has 0 saturated carbocycles. The van der Waals surface area contributed by atoms with Crippen molar-refractivity contribution in [3.63, 3.8) is 0 Å². The number of halogens is 2. The zero-order valence-corrected chi connectivity index (χ0v) is 12.3. The van der Waals surface area contributed by atoms with Crippen LogP contribution in [0.1, 0.15) is 5.69 Å². The summed E-state index contributed by atoms with van der Waals surface area (Å²) in [4.78, 5) is 7.96. The molecule has 1 aromatic carbocycles. The summed E-state index contributed by atoms with van der Waals surface area (Å²) in [5.74, 6) is 0.573. The van der Waals surface area contributed by atoms with E-state index >= 15 is 0 Å². The van der Waals surface area contributed by atoms with E-state index in [2.05, 4.69) is 42.6 Å². The lowest BCUT2D eigenvalue weighted by Gasteiger charge is -2.06. The third-order valence-corrected chi connectivity index (χ3v) is 3.52. The van der Waals surface area contributed by atoms with Crippen molar-refractivity contribution in [3.8, 4) is 6.07 Å². The standard InChI is InChI=1S/C13H7BrClN5/c14-8-6-17-13(15)20-11(8)7(5-16)12-18-9-3-1-2-4-10(9)19-12/h1-4,6,18-19H. The number of benzene rings is 1. The third kappa shape index (κ3) is 2.22. The Labute approximate surface area is 128 Å². The highest BCUT2D eigenvalue weighted by atomic mass is 79.9. The van der Waals surface area contributed by atoms with E-state index in [1.54, 1.807) is 0 Å². The van der Waals surface area contributed by atoms with Crippen LogP contribution in [0, 0.1) is 11.3 Å². The fraction of sp³-hybridized carbons (Fsp3) is 0. The van der Waals surface area contributed by atoms with Gasteiger partial charge in [-0.05, 0) is 39.7 Å². The van der Waals surface area contributed by atoms with E-state index in [-0.39, 0.29) is 5.28 Å². The lowest BCUT2D eigenvalue weighted by molar-refractivity contribution is 1.12. The molecule has 1 aliphatic heterocycles. The molecule has 0 atom stereocenters. The number of aromatic nitrogens is 2. The van der Waals surface area contributed by atoms with E-state index in [1.807, 2.05) is 24.3 Å². The molecule has 0 saturated heterocycles. The number of allylic oxidation sites excluding steroid dienone is 1. The predicted molar refractivity (Wildman–Crippen MR) is 81.0 cm³/mol. The second-order valence-corrected chi connectivity index (χ2v) is 5.19. The number of para-hydroxylation sites is 2. The van der Waals surface area contributed by atoms with Crippen LogP contribution < -0.4 is 10.6 Å². The van der Waals surface area contributed by atoms with Gasteiger partial charge in [0.15, 0.2) is 0 Å². The Hall–Kier alpha value is -2.10. The van der Waals surface area contributed by atoms with E-state index in [9.17, 15) is 5.26 Å². The monoisotopic (exact) mass is 347 g/mol. The van der Waals surface area contributed by atoms with Gasteiger partial charge in [-0.2, -0.15) is 5.26 Å². The van der Waals surface area contributed by atoms with Crippen molar-refractivity contribution in [1.82, 2.24) is 9.97 Å². The van der Waals surface area contributed by atoms with Crippen LogP contribution >= 0.6 is 27.5 Å². The van der Waals surface area contributed by atoms with Crippen molar-refractivity contribution in [2.24, 2.45) is 0 Å². The van der Waals surface area contributed by atoms with E-state index in [4.69, 9.17) is 11.6 Å². The molecule has 2 aromatic rings. The van der Waals surface area contributed by atoms with Gasteiger partial charge in [0.05, 0.1) is 15.8 Å². The number of hydrogen-bond acceptors (Lipinski definition) is 5. The molecule has 0 amide bonds. The Kier molecular flexibility index (Phi) is 3.30. The minimum Gasteiger partial charge on any atom is -0.339 e. The summed E-state index contributed by atoms with van der Waals surface area (Å²) in [6.45, 7) is 0. The summed E-state index contributed by atoms with van der Waals surface area (Å²) in [6, 6.07) is 9.82. The summed E-state index contributed by atoms with van der Waals surface area (Å²) in [6.07, 6.45) is 1.52. The molecule has 0 aliphatic carbocycles. The number of rotatable bonds is 1. The van der Waals surface area contributed by atoms with Crippen LogP contribution in [0.3, 0.4) is 0 Å². The topological polar surface area (TPSA) is 73.6 Å². The molecule has 1 aliphatic rings. The largest absolute Gasteiger partial charge is 0.339 e. The maximum Gasteiger partial charge on any atom is 0.222 e. The highest BCUT2D eigenvalue weighted by molar-refractivity contribution is 9.10. The van der Waals surface area contributed by atoms with E-state index in [1.165, 1.54) is 6.20 Å². The molecular weight excluding hydrogens is 342 g/mol. The number of fused-ring (bicyclic) bond motifs is 1. The fourth-order valence-electron chi connectivity index (χ4n) is 1.87. The molecule has 7 heteroatoms. The van der Waals surface area contributed by atoms with Crippen molar-refractivity contribution >= 4 is 44.5 Å². The molecule has 98 valence electrons. The molecule has 0 radical (unpaired) electrons. The van der Waals surface area contributed by atoms with Gasteiger partial charge in [-0.1, -0.05) is 12.1 Å². The van der Waals surface area contributed by atoms with E-state index in [0.717, 1.165) is 11.4 Å². The van der Waals surface area contributed by atoms with Gasteiger partial charge < -0.3 is 10.6 Å². The Morgan fingerprint density at radius 1 is 1.25 bits per heavy atom. The normalized spacial score (nSPS) is 12.2. The molecule has 2 N–H and O–H groups in total. The van der Waals surface area contributed by atoms with Gasteiger partial charge in [0.1, 0.15) is 23.2 Å². The summed E-state index contributed by atoms with van der Waals surface area (Å²) in [5, 5.41) is 15.8. The minimum absolute atomic E-state index is 0.0899. The first-order valence-electron chi connectivity index (χ1n) is 5.65. The van der Waals surface area contributed by atoms with Gasteiger partial charge in [0, 0.05) is 6.20 Å². The van der Waals surface area contributed by atoms with E-state index < -0.39 is 0 Å². The van der Waals surface area contributed by atoms with Crippen LogP contribution in [-0.4, -0.2) is 9.97 Å². The highest BCUT2D eigenvalue weighted by Crippen LogP contribution is 2.34. The average molecular weight is 349 g/mol. The Balaban J connectivity index is 2.10. The van der Waals surface area contributed by atoms with Crippen molar-refractivity contribution in [3.05, 3.63) is 51.7 Å². The van der Waals surface area contributed by atoms with E-state index in [0.29, 0.717) is 21.6 Å². The van der Waals surface area contributed by atoms with Crippen molar-refractivity contribution < 1.29 is 0 Å². The first-order chi connectivity index (χ1) is 9.69. The Bertz CT molecular complexity index is 739. The van der Waals surface area contributed by atoms with Gasteiger partial charge in [-0.25, -0.2) is 9.97 Å². The Morgan fingerprint density at radius 2 is 1.90 bits per heavy atom. The van der Waals surface area contributed by atoms with Crippen LogP contribution in [0.4, 0.5) is 11.4 Å². The number of nitriles is 1. The molecule has 0 bridgehead atoms. The van der Waals surface area contributed by atoms with Gasteiger partial charge in [0.25, 0.3) is 0 Å². The molecule has 0 spiro atoms. The molecule has 2 heterocycles. The van der Waals surface area contributed by atoms with Gasteiger partial charge in [-0.3, -0.25) is 0 Å². The quantitative estimate of drug-likeness (QED) is 0.608. The van der Waals surface area contributed by atoms with Gasteiger partial charge >= 0.3 is 0 Å². The zero-order valence-electron chi connectivity index (χ0n) is 9.98. The fourth-order valence-corrected chi connectivity index (χ4v) is 2.40. The molecular formula is C13H7BrClN5. The summed E-state index contributed by atoms with van der Waals surface area (Å²) < 4.78 is 0.602. The van der Waals surface area contributed by atoms with Crippen molar-refractivity contribution in [2.75, 3.05) is 10.6 Å². The smallest absolute Gasteiger partial charge is 0.222 e. The molecule has 0 unspecified atom stereocenters. The van der Waals surface area contributed by atoms with Crippen LogP contribution in [-0.2, 0) is 0 Å². The van der Waals surface area contributed by atoms with Crippen LogP contribution in [0.15, 0.2) is 40.8 Å². The van der Waals surface area contributed by atoms with Gasteiger partial charge in [0.2, 0.25) is 5.28 Å². The summed E-state index contributed by atoms with van der Waals surface area (Å²) in [5.41, 5.74) is 2.62. The molecule has 0 fully saturated rings. The zero-order chi connectivity index (χ0) is 14.1. The lowest BCUT2D eigenvalue weighted by atomic mass is 10.2. The molecule has 20 heavy (non-hydrogen) atoms. The van der Waals surface area contributed by atoms with Crippen LogP contribution in [0.25, 0.3) is 5.57 Å². The predicted octanol–water partition coefficient (Wildman–Crippen LogP) is 3.62. The molecule has 5 nitrogen and oxygen atoms in total. The molecule has 1 aromatic heterocycles. The SMILES string of the molecule is N#CC(=C1Nc2ccccc2N1)c1nc(Cl)ncc1Br. The maximum atomic E-state index is 9.42. The number of hydrogen-bond donors (Lipinski definition) is 2. The first kappa shape index (κ1) is 12.9. The van der Waals surface area contributed by atoms with Crippen LogP contribution in [0.2, 0.25) is 5.28 Å². The lowest BCUT2D eigenvalue weighted by Crippen LogP contribution is -2.05. The maximum absolute atomic E-state index is 9.42. The van der Waals surface area contributed by atoms with Crippen LogP contribution in [0.5, 0.6) is 0 Å². The average Bonchev–Trinajstić information content (AvgIpc) is 2.87. The minimum atomic E-state index is 0.0899. The van der Waals surface area contributed by atoms with Crippen molar-refractivity contribution in [1.29, 1.82) is 5.26 Å². The first-order valence-corrected chi connectivity index (χ1v) is 6.82. The van der Waals surface area contributed by atoms with Gasteiger partial charge in [-0.15, -0.1) is 0 Å². The third-order valence-electron chi connectivity index (χ3n) is 2.76. The van der Waals surface area contributed by atoms with Crippen molar-refractivity contribution in [2.45, 2.75) is 0 Å². The second kappa shape index (κ2) is 5.12. The summed E-state index contributed by atoms with van der Waals surface area (Å²) in [7, 11) is 0. The Morgan fingerprint density at radius 3 is 2.50 bits per heavy atom. The number of nitrogens with zero attached hydrogens (tertiary/aromatic N) is 3. The summed E-state index contributed by atoms with van der Waals surface area (Å²) >= 11 is 9.13. The highest BCUT2D eigenvalue weighted by Gasteiger charge is 2.21. The number of nitrogens with one attached hydrogen (secondary N) is 2. The molecule has 3 rings (SSSR count).